The van der Waals surface area contributed by atoms with E-state index >= 15 is 0 Å². The van der Waals surface area contributed by atoms with Crippen LogP contribution in [0.4, 0.5) is 13.2 Å². The van der Waals surface area contributed by atoms with E-state index < -0.39 is 17.7 Å². The zero-order valence-electron chi connectivity index (χ0n) is 14.3. The molecule has 0 aliphatic carbocycles. The van der Waals surface area contributed by atoms with E-state index in [1.807, 2.05) is 13.0 Å². The van der Waals surface area contributed by atoms with Crippen molar-refractivity contribution in [3.8, 4) is 0 Å². The Morgan fingerprint density at radius 1 is 1.12 bits per heavy atom. The number of carbonyl (C=O) groups is 1. The van der Waals surface area contributed by atoms with Crippen molar-refractivity contribution in [2.75, 3.05) is 13.2 Å². The number of nitrogens with one attached hydrogen (secondary N) is 1. The largest absolute Gasteiger partial charge is 0.461 e. The van der Waals surface area contributed by atoms with Crippen LogP contribution >= 0.6 is 12.4 Å². The summed E-state index contributed by atoms with van der Waals surface area (Å²) >= 11 is 0. The van der Waals surface area contributed by atoms with Crippen LogP contribution in [0.1, 0.15) is 28.4 Å². The van der Waals surface area contributed by atoms with E-state index in [1.54, 1.807) is 30.3 Å². The standard InChI is InChI=1S/C19H20F3NO2.ClH/c1-14(12-15-6-5-9-17(13-15)19(20,21)22)23-10-11-25-18(24)16-7-3-2-4-8-16;/h2-9,13-14,23H,10-12H2,1H3;1H/t14-;/m0./s1. The van der Waals surface area contributed by atoms with Crippen LogP contribution in [-0.2, 0) is 17.3 Å². The van der Waals surface area contributed by atoms with Crippen LogP contribution in [0.2, 0.25) is 0 Å². The highest BCUT2D eigenvalue weighted by Crippen LogP contribution is 2.29. The molecule has 0 spiro atoms. The summed E-state index contributed by atoms with van der Waals surface area (Å²) in [6, 6.07) is 13.9. The molecule has 0 saturated carbocycles. The second kappa shape index (κ2) is 10.2. The summed E-state index contributed by atoms with van der Waals surface area (Å²) in [6.07, 6.45) is -3.88. The molecule has 2 rings (SSSR count). The first-order valence-electron chi connectivity index (χ1n) is 7.98. The normalized spacial score (nSPS) is 12.2. The molecule has 0 heterocycles. The van der Waals surface area contributed by atoms with Gasteiger partial charge >= 0.3 is 12.1 Å². The Balaban J connectivity index is 0.00000338. The minimum atomic E-state index is -4.34. The number of halogens is 4. The number of esters is 1. The van der Waals surface area contributed by atoms with Gasteiger partial charge in [0.2, 0.25) is 0 Å². The maximum Gasteiger partial charge on any atom is 0.416 e. The summed E-state index contributed by atoms with van der Waals surface area (Å²) in [5.74, 6) is -0.395. The van der Waals surface area contributed by atoms with Crippen molar-refractivity contribution in [2.24, 2.45) is 0 Å². The molecule has 1 N–H and O–H groups in total. The summed E-state index contributed by atoms with van der Waals surface area (Å²) in [6.45, 7) is 2.50. The van der Waals surface area contributed by atoms with Crippen molar-refractivity contribution in [1.82, 2.24) is 5.32 Å². The summed E-state index contributed by atoms with van der Waals surface area (Å²) in [5.41, 5.74) is 0.449. The van der Waals surface area contributed by atoms with Crippen LogP contribution in [0.25, 0.3) is 0 Å². The summed E-state index contributed by atoms with van der Waals surface area (Å²) in [5, 5.41) is 3.14. The number of carbonyl (C=O) groups excluding carboxylic acids is 1. The number of hydrogen-bond donors (Lipinski definition) is 1. The summed E-state index contributed by atoms with van der Waals surface area (Å²) in [4.78, 5) is 11.8. The molecule has 7 heteroatoms. The van der Waals surface area contributed by atoms with Crippen molar-refractivity contribution in [2.45, 2.75) is 25.6 Å². The maximum absolute atomic E-state index is 12.7. The second-order valence-electron chi connectivity index (χ2n) is 5.76. The molecule has 0 bridgehead atoms. The quantitative estimate of drug-likeness (QED) is 0.561. The van der Waals surface area contributed by atoms with Crippen molar-refractivity contribution in [3.63, 3.8) is 0 Å². The lowest BCUT2D eigenvalue weighted by atomic mass is 10.0. The Morgan fingerprint density at radius 3 is 2.46 bits per heavy atom. The van der Waals surface area contributed by atoms with E-state index in [4.69, 9.17) is 4.74 Å². The van der Waals surface area contributed by atoms with Gasteiger partial charge in [-0.1, -0.05) is 36.4 Å². The molecule has 0 saturated heterocycles. The van der Waals surface area contributed by atoms with Gasteiger partial charge in [0.15, 0.2) is 0 Å². The van der Waals surface area contributed by atoms with Gasteiger partial charge in [0, 0.05) is 12.6 Å². The highest BCUT2D eigenvalue weighted by Gasteiger charge is 2.30. The fourth-order valence-corrected chi connectivity index (χ4v) is 2.41. The Kier molecular flexibility index (Phi) is 8.61. The first-order valence-corrected chi connectivity index (χ1v) is 7.98. The van der Waals surface area contributed by atoms with Gasteiger partial charge in [-0.3, -0.25) is 0 Å². The minimum Gasteiger partial charge on any atom is -0.461 e. The molecule has 0 amide bonds. The zero-order valence-corrected chi connectivity index (χ0v) is 15.1. The minimum absolute atomic E-state index is 0. The molecular weight excluding hydrogens is 367 g/mol. The van der Waals surface area contributed by atoms with E-state index in [1.165, 1.54) is 6.07 Å². The fraction of sp³-hybridized carbons (Fsp3) is 0.316. The van der Waals surface area contributed by atoms with E-state index in [2.05, 4.69) is 5.32 Å². The predicted molar refractivity (Wildman–Crippen MR) is 96.6 cm³/mol. The number of rotatable bonds is 7. The SMILES string of the molecule is C[C@@H](Cc1cccc(C(F)(F)F)c1)NCCOC(=O)c1ccccc1.Cl. The van der Waals surface area contributed by atoms with E-state index in [9.17, 15) is 18.0 Å². The maximum atomic E-state index is 12.7. The zero-order chi connectivity index (χ0) is 18.3. The van der Waals surface area contributed by atoms with Crippen molar-refractivity contribution in [3.05, 3.63) is 71.3 Å². The Hall–Kier alpha value is -2.05. The van der Waals surface area contributed by atoms with Gasteiger partial charge in [0.25, 0.3) is 0 Å². The Morgan fingerprint density at radius 2 is 1.81 bits per heavy atom. The highest BCUT2D eigenvalue weighted by atomic mass is 35.5. The molecule has 142 valence electrons. The average molecular weight is 388 g/mol. The van der Waals surface area contributed by atoms with E-state index in [0.29, 0.717) is 24.1 Å². The van der Waals surface area contributed by atoms with Crippen LogP contribution in [0.15, 0.2) is 54.6 Å². The first-order chi connectivity index (χ1) is 11.9. The molecular formula is C19H21ClF3NO2. The monoisotopic (exact) mass is 387 g/mol. The molecule has 1 atom stereocenters. The highest BCUT2D eigenvalue weighted by molar-refractivity contribution is 5.89. The lowest BCUT2D eigenvalue weighted by molar-refractivity contribution is -0.137. The van der Waals surface area contributed by atoms with Crippen LogP contribution < -0.4 is 5.32 Å². The number of hydrogen-bond acceptors (Lipinski definition) is 3. The van der Waals surface area contributed by atoms with Crippen LogP contribution in [-0.4, -0.2) is 25.2 Å². The van der Waals surface area contributed by atoms with E-state index in [-0.39, 0.29) is 25.1 Å². The van der Waals surface area contributed by atoms with Crippen LogP contribution in [0.3, 0.4) is 0 Å². The van der Waals surface area contributed by atoms with Gasteiger partial charge < -0.3 is 10.1 Å². The van der Waals surface area contributed by atoms with Gasteiger partial charge in [-0.25, -0.2) is 4.79 Å². The van der Waals surface area contributed by atoms with Crippen molar-refractivity contribution >= 4 is 18.4 Å². The second-order valence-corrected chi connectivity index (χ2v) is 5.76. The molecule has 2 aromatic rings. The van der Waals surface area contributed by atoms with Gasteiger partial charge in [-0.2, -0.15) is 13.2 Å². The molecule has 0 aromatic heterocycles. The van der Waals surface area contributed by atoms with Gasteiger partial charge in [-0.05, 0) is 37.1 Å². The molecule has 3 nitrogen and oxygen atoms in total. The third kappa shape index (κ3) is 7.06. The molecule has 0 aliphatic heterocycles. The van der Waals surface area contributed by atoms with Crippen molar-refractivity contribution in [1.29, 1.82) is 0 Å². The third-order valence-electron chi connectivity index (χ3n) is 3.63. The molecule has 2 aromatic carbocycles. The van der Waals surface area contributed by atoms with Gasteiger partial charge in [-0.15, -0.1) is 12.4 Å². The molecule has 26 heavy (non-hydrogen) atoms. The molecule has 0 aliphatic rings. The van der Waals surface area contributed by atoms with Gasteiger partial charge in [0.05, 0.1) is 11.1 Å². The topological polar surface area (TPSA) is 38.3 Å². The Bertz CT molecular complexity index is 693. The summed E-state index contributed by atoms with van der Waals surface area (Å²) in [7, 11) is 0. The van der Waals surface area contributed by atoms with Crippen molar-refractivity contribution < 1.29 is 22.7 Å². The first kappa shape index (κ1) is 22.0. The van der Waals surface area contributed by atoms with Gasteiger partial charge in [0.1, 0.15) is 6.61 Å². The lowest BCUT2D eigenvalue weighted by Crippen LogP contribution is -2.31. The Labute approximate surface area is 157 Å². The third-order valence-corrected chi connectivity index (χ3v) is 3.63. The van der Waals surface area contributed by atoms with E-state index in [0.717, 1.165) is 12.1 Å². The number of alkyl halides is 3. The lowest BCUT2D eigenvalue weighted by Gasteiger charge is -2.15. The number of benzene rings is 2. The molecule has 0 unspecified atom stereocenters. The smallest absolute Gasteiger partial charge is 0.416 e. The predicted octanol–water partition coefficient (Wildman–Crippen LogP) is 4.50. The summed E-state index contributed by atoms with van der Waals surface area (Å²) < 4.78 is 43.3. The molecule has 0 radical (unpaired) electrons. The average Bonchev–Trinajstić information content (AvgIpc) is 2.59. The molecule has 0 fully saturated rings. The van der Waals surface area contributed by atoms with Crippen LogP contribution in [0, 0.1) is 0 Å². The van der Waals surface area contributed by atoms with Crippen LogP contribution in [0.5, 0.6) is 0 Å². The fourth-order valence-electron chi connectivity index (χ4n) is 2.41. The number of ether oxygens (including phenoxy) is 1.